The Bertz CT molecular complexity index is 1070. The summed E-state index contributed by atoms with van der Waals surface area (Å²) in [7, 11) is -2.09. The number of nitrogens with zero attached hydrogens (tertiary/aromatic N) is 2. The van der Waals surface area contributed by atoms with E-state index in [1.165, 1.54) is 10.4 Å². The first kappa shape index (κ1) is 25.8. The number of hydrogen-bond acceptors (Lipinski definition) is 7. The van der Waals surface area contributed by atoms with Crippen molar-refractivity contribution in [2.45, 2.75) is 16.7 Å². The van der Waals surface area contributed by atoms with Crippen molar-refractivity contribution < 1.29 is 22.7 Å². The number of thioether (sulfide) groups is 1. The van der Waals surface area contributed by atoms with Gasteiger partial charge in [0.15, 0.2) is 0 Å². The summed E-state index contributed by atoms with van der Waals surface area (Å²) in [6.45, 7) is 0.882. The highest BCUT2D eigenvalue weighted by Gasteiger charge is 2.33. The average molecular weight is 532 g/mol. The number of piperazine rings is 1. The van der Waals surface area contributed by atoms with E-state index in [-0.39, 0.29) is 42.2 Å². The fraction of sp³-hybridized carbons (Fsp3) is 0.429. The van der Waals surface area contributed by atoms with Crippen LogP contribution in [0.3, 0.4) is 0 Å². The number of thiophene rings is 1. The van der Waals surface area contributed by atoms with E-state index in [0.29, 0.717) is 27.8 Å². The third kappa shape index (κ3) is 6.42. The Kier molecular flexibility index (Phi) is 9.05. The molecule has 1 aliphatic heterocycles. The highest BCUT2D eigenvalue weighted by Crippen LogP contribution is 2.28. The van der Waals surface area contributed by atoms with E-state index in [2.05, 4.69) is 5.32 Å². The molecule has 1 aliphatic rings. The molecule has 1 N–H and O–H groups in total. The maximum atomic E-state index is 13.2. The lowest BCUT2D eigenvalue weighted by Gasteiger charge is -2.35. The van der Waals surface area contributed by atoms with Crippen molar-refractivity contribution in [2.24, 2.45) is 0 Å². The van der Waals surface area contributed by atoms with Crippen molar-refractivity contribution in [1.29, 1.82) is 0 Å². The highest BCUT2D eigenvalue weighted by atomic mass is 35.5. The molecule has 2 aromatic rings. The molecule has 2 heterocycles. The van der Waals surface area contributed by atoms with Gasteiger partial charge in [-0.2, -0.15) is 16.1 Å². The molecule has 1 atom stereocenters. The van der Waals surface area contributed by atoms with Gasteiger partial charge in [-0.25, -0.2) is 8.42 Å². The monoisotopic (exact) mass is 531 g/mol. The fourth-order valence-corrected chi connectivity index (χ4v) is 6.94. The summed E-state index contributed by atoms with van der Waals surface area (Å²) in [6, 6.07) is 9.03. The van der Waals surface area contributed by atoms with Crippen molar-refractivity contribution >= 4 is 56.5 Å². The maximum Gasteiger partial charge on any atom is 0.252 e. The number of nitrogens with one attached hydrogen (secondary N) is 1. The first-order chi connectivity index (χ1) is 15.8. The lowest BCUT2D eigenvalue weighted by atomic mass is 10.1. The Morgan fingerprint density at radius 1 is 1.15 bits per heavy atom. The maximum absolute atomic E-state index is 13.2. The summed E-state index contributed by atoms with van der Waals surface area (Å²) in [6.07, 6.45) is 2.42. The van der Waals surface area contributed by atoms with Crippen LogP contribution in [0.5, 0.6) is 5.75 Å². The molecule has 1 saturated heterocycles. The van der Waals surface area contributed by atoms with Crippen LogP contribution in [0.25, 0.3) is 0 Å². The SMILES string of the molecule is COc1ccc(C(=O)N[C@H](CCSC)C(=O)N2CCN(S(=O)(=O)c3ccc(Cl)s3)CC2)cc1. The topological polar surface area (TPSA) is 96.0 Å². The summed E-state index contributed by atoms with van der Waals surface area (Å²) >= 11 is 8.49. The molecule has 2 amide bonds. The van der Waals surface area contributed by atoms with Gasteiger partial charge in [-0.15, -0.1) is 11.3 Å². The van der Waals surface area contributed by atoms with Crippen LogP contribution in [-0.2, 0) is 14.8 Å². The number of amides is 2. The van der Waals surface area contributed by atoms with Crippen LogP contribution in [0.15, 0.2) is 40.6 Å². The number of carbonyl (C=O) groups is 2. The van der Waals surface area contributed by atoms with Crippen molar-refractivity contribution in [1.82, 2.24) is 14.5 Å². The van der Waals surface area contributed by atoms with Crippen LogP contribution in [0.1, 0.15) is 16.8 Å². The Morgan fingerprint density at radius 3 is 2.36 bits per heavy atom. The molecule has 12 heteroatoms. The Morgan fingerprint density at radius 2 is 1.82 bits per heavy atom. The van der Waals surface area contributed by atoms with Gasteiger partial charge in [-0.1, -0.05) is 11.6 Å². The molecule has 3 rings (SSSR count). The number of sulfonamides is 1. The second kappa shape index (κ2) is 11.6. The third-order valence-corrected chi connectivity index (χ3v) is 9.50. The highest BCUT2D eigenvalue weighted by molar-refractivity contribution is 7.98. The van der Waals surface area contributed by atoms with Gasteiger partial charge in [0.05, 0.1) is 11.4 Å². The lowest BCUT2D eigenvalue weighted by Crippen LogP contribution is -2.55. The molecule has 8 nitrogen and oxygen atoms in total. The molecule has 0 saturated carbocycles. The van der Waals surface area contributed by atoms with Crippen LogP contribution in [-0.4, -0.2) is 80.8 Å². The Labute approximate surface area is 207 Å². The van der Waals surface area contributed by atoms with Gasteiger partial charge < -0.3 is 15.0 Å². The molecule has 0 unspecified atom stereocenters. The van der Waals surface area contributed by atoms with Gasteiger partial charge in [0.25, 0.3) is 15.9 Å². The zero-order chi connectivity index (χ0) is 24.0. The second-order valence-electron chi connectivity index (χ2n) is 7.32. The van der Waals surface area contributed by atoms with Gasteiger partial charge in [0, 0.05) is 31.7 Å². The number of benzene rings is 1. The molecule has 1 aromatic carbocycles. The molecular formula is C21H26ClN3O5S3. The van der Waals surface area contributed by atoms with Crippen LogP contribution >= 0.6 is 34.7 Å². The minimum absolute atomic E-state index is 0.186. The van der Waals surface area contributed by atoms with Crippen molar-refractivity contribution in [3.63, 3.8) is 0 Å². The van der Waals surface area contributed by atoms with E-state index < -0.39 is 16.1 Å². The van der Waals surface area contributed by atoms with Crippen LogP contribution in [0.2, 0.25) is 4.34 Å². The average Bonchev–Trinajstić information content (AvgIpc) is 3.28. The minimum Gasteiger partial charge on any atom is -0.497 e. The van der Waals surface area contributed by atoms with Gasteiger partial charge in [0.2, 0.25) is 5.91 Å². The molecule has 0 radical (unpaired) electrons. The number of methoxy groups -OCH3 is 1. The summed E-state index contributed by atoms with van der Waals surface area (Å²) in [5.74, 6) is 0.793. The Hall–Kier alpha value is -1.79. The molecule has 0 spiro atoms. The van der Waals surface area contributed by atoms with Crippen LogP contribution in [0.4, 0.5) is 0 Å². The molecule has 1 aromatic heterocycles. The molecule has 0 aliphatic carbocycles. The first-order valence-corrected chi connectivity index (χ1v) is 14.3. The van der Waals surface area contributed by atoms with Gasteiger partial charge in [0.1, 0.15) is 16.0 Å². The van der Waals surface area contributed by atoms with E-state index in [0.717, 1.165) is 11.3 Å². The molecule has 1 fully saturated rings. The minimum atomic E-state index is -3.64. The summed E-state index contributed by atoms with van der Waals surface area (Å²) in [5, 5.41) is 2.84. The molecule has 180 valence electrons. The molecule has 0 bridgehead atoms. The van der Waals surface area contributed by atoms with Crippen LogP contribution in [0, 0.1) is 0 Å². The normalized spacial score (nSPS) is 15.8. The first-order valence-electron chi connectivity index (χ1n) is 10.2. The van der Waals surface area contributed by atoms with Crippen molar-refractivity contribution in [3.05, 3.63) is 46.3 Å². The van der Waals surface area contributed by atoms with E-state index in [1.807, 2.05) is 6.26 Å². The summed E-state index contributed by atoms with van der Waals surface area (Å²) in [4.78, 5) is 27.5. The molecular weight excluding hydrogens is 506 g/mol. The van der Waals surface area contributed by atoms with Gasteiger partial charge in [-0.05, 0) is 54.8 Å². The zero-order valence-corrected chi connectivity index (χ0v) is 21.5. The summed E-state index contributed by atoms with van der Waals surface area (Å²) < 4.78 is 32.7. The predicted octanol–water partition coefficient (Wildman–Crippen LogP) is 2.79. The van der Waals surface area contributed by atoms with Gasteiger partial charge in [-0.3, -0.25) is 9.59 Å². The van der Waals surface area contributed by atoms with Crippen LogP contribution < -0.4 is 10.1 Å². The second-order valence-corrected chi connectivity index (χ2v) is 12.2. The quantitative estimate of drug-likeness (QED) is 0.534. The number of rotatable bonds is 9. The van der Waals surface area contributed by atoms with Crippen molar-refractivity contribution in [2.75, 3.05) is 45.3 Å². The third-order valence-electron chi connectivity index (χ3n) is 5.26. The van der Waals surface area contributed by atoms with E-state index in [1.54, 1.807) is 54.1 Å². The zero-order valence-electron chi connectivity index (χ0n) is 18.3. The van der Waals surface area contributed by atoms with E-state index in [9.17, 15) is 18.0 Å². The number of ether oxygens (including phenoxy) is 1. The Balaban J connectivity index is 1.64. The standard InChI is InChI=1S/C21H26ClN3O5S3/c1-30-16-5-3-15(4-6-16)20(26)23-17(9-14-31-2)21(27)24-10-12-25(13-11-24)33(28,29)19-8-7-18(22)32-19/h3-8,17H,9-14H2,1-2H3,(H,23,26)/t17-/m1/s1. The summed E-state index contributed by atoms with van der Waals surface area (Å²) in [5.41, 5.74) is 0.434. The van der Waals surface area contributed by atoms with Crippen molar-refractivity contribution in [3.8, 4) is 5.75 Å². The smallest absolute Gasteiger partial charge is 0.252 e. The number of hydrogen-bond donors (Lipinski definition) is 1. The van der Waals surface area contributed by atoms with E-state index >= 15 is 0 Å². The van der Waals surface area contributed by atoms with E-state index in [4.69, 9.17) is 16.3 Å². The fourth-order valence-electron chi connectivity index (χ4n) is 3.41. The largest absolute Gasteiger partial charge is 0.497 e. The number of carbonyl (C=O) groups excluding carboxylic acids is 2. The predicted molar refractivity (Wildman–Crippen MR) is 132 cm³/mol. The molecule has 33 heavy (non-hydrogen) atoms. The number of halogens is 1. The lowest BCUT2D eigenvalue weighted by molar-refractivity contribution is -0.134. The van der Waals surface area contributed by atoms with Gasteiger partial charge >= 0.3 is 0 Å².